The van der Waals surface area contributed by atoms with Crippen molar-refractivity contribution in [2.75, 3.05) is 13.2 Å². The van der Waals surface area contributed by atoms with Crippen molar-refractivity contribution >= 4 is 0 Å². The van der Waals surface area contributed by atoms with Crippen molar-refractivity contribution in [2.24, 2.45) is 0 Å². The third kappa shape index (κ3) is 2.45. The summed E-state index contributed by atoms with van der Waals surface area (Å²) in [5.41, 5.74) is 2.73. The Morgan fingerprint density at radius 1 is 1.35 bits per heavy atom. The number of hydrogen-bond donors (Lipinski definition) is 2. The first-order chi connectivity index (χ1) is 8.31. The molecule has 1 saturated carbocycles. The SMILES string of the molecule is OC1CC(NCCc2ccc3c(c2)CCO3)C1. The predicted molar refractivity (Wildman–Crippen MR) is 66.4 cm³/mol. The highest BCUT2D eigenvalue weighted by atomic mass is 16.5. The van der Waals surface area contributed by atoms with Crippen LogP contribution in [0.1, 0.15) is 24.0 Å². The lowest BCUT2D eigenvalue weighted by atomic mass is 9.89. The zero-order valence-corrected chi connectivity index (χ0v) is 9.98. The van der Waals surface area contributed by atoms with E-state index in [1.807, 2.05) is 0 Å². The molecule has 0 unspecified atom stereocenters. The average Bonchev–Trinajstić information content (AvgIpc) is 2.73. The molecule has 0 saturated heterocycles. The van der Waals surface area contributed by atoms with Crippen LogP contribution in [0.25, 0.3) is 0 Å². The minimum absolute atomic E-state index is 0.0651. The van der Waals surface area contributed by atoms with Crippen molar-refractivity contribution in [2.45, 2.75) is 37.8 Å². The molecule has 1 aromatic carbocycles. The Morgan fingerprint density at radius 3 is 3.06 bits per heavy atom. The van der Waals surface area contributed by atoms with Gasteiger partial charge in [0.25, 0.3) is 0 Å². The minimum Gasteiger partial charge on any atom is -0.493 e. The smallest absolute Gasteiger partial charge is 0.122 e. The van der Waals surface area contributed by atoms with Crippen LogP contribution in [0, 0.1) is 0 Å². The van der Waals surface area contributed by atoms with Gasteiger partial charge in [-0.2, -0.15) is 0 Å². The molecule has 0 bridgehead atoms. The van der Waals surface area contributed by atoms with E-state index in [0.717, 1.165) is 44.6 Å². The molecule has 1 aliphatic carbocycles. The molecule has 1 fully saturated rings. The Hall–Kier alpha value is -1.06. The van der Waals surface area contributed by atoms with Gasteiger partial charge in [0.1, 0.15) is 5.75 Å². The van der Waals surface area contributed by atoms with Crippen LogP contribution >= 0.6 is 0 Å². The van der Waals surface area contributed by atoms with E-state index in [0.29, 0.717) is 6.04 Å². The number of aliphatic hydroxyl groups is 1. The first kappa shape index (κ1) is 11.1. The number of hydrogen-bond acceptors (Lipinski definition) is 3. The van der Waals surface area contributed by atoms with Crippen molar-refractivity contribution in [1.29, 1.82) is 0 Å². The van der Waals surface area contributed by atoms with Crippen molar-refractivity contribution in [3.63, 3.8) is 0 Å². The van der Waals surface area contributed by atoms with Gasteiger partial charge in [0, 0.05) is 12.5 Å². The van der Waals surface area contributed by atoms with E-state index in [-0.39, 0.29) is 6.10 Å². The van der Waals surface area contributed by atoms with Gasteiger partial charge in [0.15, 0.2) is 0 Å². The fourth-order valence-corrected chi connectivity index (χ4v) is 2.57. The lowest BCUT2D eigenvalue weighted by molar-refractivity contribution is 0.0629. The molecule has 3 heteroatoms. The first-order valence-electron chi connectivity index (χ1n) is 6.47. The second-order valence-corrected chi connectivity index (χ2v) is 5.07. The van der Waals surface area contributed by atoms with Crippen LogP contribution in [0.15, 0.2) is 18.2 Å². The van der Waals surface area contributed by atoms with Gasteiger partial charge >= 0.3 is 0 Å². The number of nitrogens with one attached hydrogen (secondary N) is 1. The van der Waals surface area contributed by atoms with Crippen LogP contribution in [0.5, 0.6) is 5.75 Å². The average molecular weight is 233 g/mol. The molecule has 1 heterocycles. The Kier molecular flexibility index (Phi) is 3.04. The summed E-state index contributed by atoms with van der Waals surface area (Å²) in [5, 5.41) is 12.7. The third-order valence-electron chi connectivity index (χ3n) is 3.71. The molecule has 0 radical (unpaired) electrons. The molecule has 0 spiro atoms. The van der Waals surface area contributed by atoms with Crippen LogP contribution in [-0.4, -0.2) is 30.4 Å². The van der Waals surface area contributed by atoms with Gasteiger partial charge in [-0.15, -0.1) is 0 Å². The highest BCUT2D eigenvalue weighted by molar-refractivity contribution is 5.39. The lowest BCUT2D eigenvalue weighted by Crippen LogP contribution is -2.44. The Balaban J connectivity index is 1.48. The summed E-state index contributed by atoms with van der Waals surface area (Å²) in [6, 6.07) is 7.04. The minimum atomic E-state index is -0.0651. The molecule has 0 aromatic heterocycles. The normalized spacial score (nSPS) is 26.2. The monoisotopic (exact) mass is 233 g/mol. The molecule has 1 aliphatic heterocycles. The topological polar surface area (TPSA) is 41.5 Å². The van der Waals surface area contributed by atoms with Gasteiger partial charge in [0.2, 0.25) is 0 Å². The van der Waals surface area contributed by atoms with Crippen molar-refractivity contribution in [3.8, 4) is 5.75 Å². The van der Waals surface area contributed by atoms with Crippen LogP contribution in [-0.2, 0) is 12.8 Å². The second-order valence-electron chi connectivity index (χ2n) is 5.07. The van der Waals surface area contributed by atoms with E-state index < -0.39 is 0 Å². The molecule has 2 aliphatic rings. The summed E-state index contributed by atoms with van der Waals surface area (Å²) in [4.78, 5) is 0. The molecule has 1 aromatic rings. The molecular weight excluding hydrogens is 214 g/mol. The van der Waals surface area contributed by atoms with E-state index in [2.05, 4.69) is 23.5 Å². The Morgan fingerprint density at radius 2 is 2.24 bits per heavy atom. The largest absolute Gasteiger partial charge is 0.493 e. The summed E-state index contributed by atoms with van der Waals surface area (Å²) in [6.07, 6.45) is 3.87. The standard InChI is InChI=1S/C14H19NO2/c16-13-8-12(9-13)15-5-3-10-1-2-14-11(7-10)4-6-17-14/h1-2,7,12-13,15-16H,3-6,8-9H2. The molecule has 17 heavy (non-hydrogen) atoms. The van der Waals surface area contributed by atoms with Crippen LogP contribution < -0.4 is 10.1 Å². The maximum absolute atomic E-state index is 9.19. The number of aliphatic hydroxyl groups excluding tert-OH is 1. The van der Waals surface area contributed by atoms with Gasteiger partial charge in [-0.05, 0) is 43.0 Å². The first-order valence-corrected chi connectivity index (χ1v) is 6.47. The molecular formula is C14H19NO2. The summed E-state index contributed by atoms with van der Waals surface area (Å²) in [7, 11) is 0. The van der Waals surface area contributed by atoms with Gasteiger partial charge in [0.05, 0.1) is 12.7 Å². The maximum Gasteiger partial charge on any atom is 0.122 e. The number of rotatable bonds is 4. The second kappa shape index (κ2) is 4.67. The molecule has 3 rings (SSSR count). The number of benzene rings is 1. The zero-order valence-electron chi connectivity index (χ0n) is 9.98. The third-order valence-corrected chi connectivity index (χ3v) is 3.71. The van der Waals surface area contributed by atoms with E-state index in [4.69, 9.17) is 4.74 Å². The maximum atomic E-state index is 9.19. The van der Waals surface area contributed by atoms with Crippen molar-refractivity contribution in [3.05, 3.63) is 29.3 Å². The fraction of sp³-hybridized carbons (Fsp3) is 0.571. The Bertz CT molecular complexity index is 399. The number of ether oxygens (including phenoxy) is 1. The predicted octanol–water partition coefficient (Wildman–Crippen LogP) is 1.28. The van der Waals surface area contributed by atoms with Crippen molar-refractivity contribution in [1.82, 2.24) is 5.32 Å². The van der Waals surface area contributed by atoms with Gasteiger partial charge in [-0.1, -0.05) is 12.1 Å². The quantitative estimate of drug-likeness (QED) is 0.823. The summed E-state index contributed by atoms with van der Waals surface area (Å²) in [6.45, 7) is 1.83. The van der Waals surface area contributed by atoms with E-state index in [1.165, 1.54) is 11.1 Å². The highest BCUT2D eigenvalue weighted by Gasteiger charge is 2.26. The van der Waals surface area contributed by atoms with Gasteiger partial charge in [-0.25, -0.2) is 0 Å². The van der Waals surface area contributed by atoms with Crippen molar-refractivity contribution < 1.29 is 9.84 Å². The molecule has 0 atom stereocenters. The molecule has 3 nitrogen and oxygen atoms in total. The zero-order chi connectivity index (χ0) is 11.7. The van der Waals surface area contributed by atoms with E-state index in [9.17, 15) is 5.11 Å². The Labute approximate surface area is 102 Å². The van der Waals surface area contributed by atoms with Gasteiger partial charge < -0.3 is 15.2 Å². The molecule has 0 amide bonds. The molecule has 92 valence electrons. The van der Waals surface area contributed by atoms with Gasteiger partial charge in [-0.3, -0.25) is 0 Å². The highest BCUT2D eigenvalue weighted by Crippen LogP contribution is 2.26. The fourth-order valence-electron chi connectivity index (χ4n) is 2.57. The van der Waals surface area contributed by atoms with Crippen LogP contribution in [0.2, 0.25) is 0 Å². The van der Waals surface area contributed by atoms with E-state index >= 15 is 0 Å². The number of fused-ring (bicyclic) bond motifs is 1. The summed E-state index contributed by atoms with van der Waals surface area (Å²) in [5.74, 6) is 1.06. The van der Waals surface area contributed by atoms with Crippen LogP contribution in [0.4, 0.5) is 0 Å². The van der Waals surface area contributed by atoms with E-state index in [1.54, 1.807) is 0 Å². The van der Waals surface area contributed by atoms with Crippen LogP contribution in [0.3, 0.4) is 0 Å². The molecule has 2 N–H and O–H groups in total. The summed E-state index contributed by atoms with van der Waals surface area (Å²) >= 11 is 0. The lowest BCUT2D eigenvalue weighted by Gasteiger charge is -2.32. The summed E-state index contributed by atoms with van der Waals surface area (Å²) < 4.78 is 5.49.